The average Bonchev–Trinajstić information content (AvgIpc) is 2.51. The van der Waals surface area contributed by atoms with E-state index in [1.807, 2.05) is 0 Å². The Hall–Kier alpha value is -2.50. The summed E-state index contributed by atoms with van der Waals surface area (Å²) in [6.07, 6.45) is 1.56. The van der Waals surface area contributed by atoms with E-state index in [2.05, 4.69) is 9.72 Å². The zero-order valence-corrected chi connectivity index (χ0v) is 11.7. The molecular formula is C14H15NO5. The van der Waals surface area contributed by atoms with Gasteiger partial charge < -0.3 is 18.9 Å². The molecule has 0 saturated heterocycles. The van der Waals surface area contributed by atoms with Gasteiger partial charge in [-0.1, -0.05) is 0 Å². The number of methoxy groups -OCH3 is 4. The van der Waals surface area contributed by atoms with Crippen LogP contribution in [-0.2, 0) is 4.74 Å². The van der Waals surface area contributed by atoms with Crippen molar-refractivity contribution in [2.24, 2.45) is 0 Å². The fraction of sp³-hybridized carbons (Fsp3) is 0.286. The van der Waals surface area contributed by atoms with E-state index in [0.29, 0.717) is 22.6 Å². The summed E-state index contributed by atoms with van der Waals surface area (Å²) in [7, 11) is 5.89. The molecule has 1 aromatic carbocycles. The Kier molecular flexibility index (Phi) is 3.93. The number of aromatic nitrogens is 1. The molecule has 2 aromatic rings. The zero-order valence-electron chi connectivity index (χ0n) is 11.7. The Balaban J connectivity index is 2.76. The molecule has 20 heavy (non-hydrogen) atoms. The van der Waals surface area contributed by atoms with Crippen molar-refractivity contribution in [1.29, 1.82) is 0 Å². The zero-order chi connectivity index (χ0) is 14.7. The Morgan fingerprint density at radius 3 is 2.25 bits per heavy atom. The molecule has 0 aliphatic rings. The highest BCUT2D eigenvalue weighted by Crippen LogP contribution is 2.43. The summed E-state index contributed by atoms with van der Waals surface area (Å²) in [5.41, 5.74) is 0.200. The number of carbonyl (C=O) groups excluding carboxylic acids is 1. The lowest BCUT2D eigenvalue weighted by molar-refractivity contribution is 0.0594. The Labute approximate surface area is 116 Å². The van der Waals surface area contributed by atoms with E-state index in [0.717, 1.165) is 5.39 Å². The summed E-state index contributed by atoms with van der Waals surface area (Å²) >= 11 is 0. The topological polar surface area (TPSA) is 66.9 Å². The summed E-state index contributed by atoms with van der Waals surface area (Å²) in [5, 5.41) is 1.47. The SMILES string of the molecule is COC(=O)c1cc2c(OC)c(OC)c(OC)cc2cn1. The van der Waals surface area contributed by atoms with E-state index < -0.39 is 5.97 Å². The molecule has 0 aliphatic heterocycles. The molecule has 0 radical (unpaired) electrons. The Bertz CT molecular complexity index is 654. The van der Waals surface area contributed by atoms with Gasteiger partial charge in [0.1, 0.15) is 5.69 Å². The van der Waals surface area contributed by atoms with Crippen LogP contribution in [0.2, 0.25) is 0 Å². The summed E-state index contributed by atoms with van der Waals surface area (Å²) < 4.78 is 20.6. The van der Waals surface area contributed by atoms with Gasteiger partial charge in [-0.05, 0) is 12.1 Å². The number of rotatable bonds is 4. The molecule has 0 fully saturated rings. The Morgan fingerprint density at radius 2 is 1.70 bits per heavy atom. The number of hydrogen-bond donors (Lipinski definition) is 0. The van der Waals surface area contributed by atoms with Gasteiger partial charge in [0, 0.05) is 17.0 Å². The molecule has 0 atom stereocenters. The number of benzene rings is 1. The molecule has 106 valence electrons. The number of ether oxygens (including phenoxy) is 4. The number of fused-ring (bicyclic) bond motifs is 1. The molecule has 6 nitrogen and oxygen atoms in total. The van der Waals surface area contributed by atoms with Crippen LogP contribution in [0.25, 0.3) is 10.8 Å². The maximum Gasteiger partial charge on any atom is 0.356 e. The van der Waals surface area contributed by atoms with Gasteiger partial charge in [-0.25, -0.2) is 9.78 Å². The third kappa shape index (κ3) is 2.20. The normalized spacial score (nSPS) is 10.2. The molecule has 1 heterocycles. The summed E-state index contributed by atoms with van der Waals surface area (Å²) in [6.45, 7) is 0. The minimum atomic E-state index is -0.510. The maximum atomic E-state index is 11.6. The third-order valence-corrected chi connectivity index (χ3v) is 2.92. The van der Waals surface area contributed by atoms with Crippen molar-refractivity contribution < 1.29 is 23.7 Å². The molecule has 0 aliphatic carbocycles. The summed E-state index contributed by atoms with van der Waals surface area (Å²) in [5.74, 6) is 0.965. The second-order valence-electron chi connectivity index (χ2n) is 3.93. The maximum absolute atomic E-state index is 11.6. The molecule has 0 unspecified atom stereocenters. The predicted octanol–water partition coefficient (Wildman–Crippen LogP) is 2.05. The number of pyridine rings is 1. The lowest BCUT2D eigenvalue weighted by atomic mass is 10.1. The molecule has 0 spiro atoms. The standard InChI is InChI=1S/C14H15NO5/c1-17-11-5-8-7-15-10(14(16)20-4)6-9(8)12(18-2)13(11)19-3/h5-7H,1-4H3. The van der Waals surface area contributed by atoms with Crippen LogP contribution in [0.4, 0.5) is 0 Å². The van der Waals surface area contributed by atoms with Crippen molar-refractivity contribution in [3.05, 3.63) is 24.0 Å². The van der Waals surface area contributed by atoms with E-state index in [9.17, 15) is 4.79 Å². The van der Waals surface area contributed by atoms with Crippen LogP contribution in [0, 0.1) is 0 Å². The van der Waals surface area contributed by atoms with Crippen molar-refractivity contribution >= 4 is 16.7 Å². The molecule has 0 N–H and O–H groups in total. The second-order valence-corrected chi connectivity index (χ2v) is 3.93. The first-order chi connectivity index (χ1) is 9.65. The predicted molar refractivity (Wildman–Crippen MR) is 72.7 cm³/mol. The van der Waals surface area contributed by atoms with Crippen molar-refractivity contribution in [3.8, 4) is 17.2 Å². The van der Waals surface area contributed by atoms with Crippen LogP contribution < -0.4 is 14.2 Å². The minimum absolute atomic E-state index is 0.200. The number of hydrogen-bond acceptors (Lipinski definition) is 6. The van der Waals surface area contributed by atoms with Gasteiger partial charge in [-0.15, -0.1) is 0 Å². The average molecular weight is 277 g/mol. The molecule has 0 bridgehead atoms. The molecule has 6 heteroatoms. The number of carbonyl (C=O) groups is 1. The first kappa shape index (κ1) is 13.9. The van der Waals surface area contributed by atoms with Crippen LogP contribution in [0.3, 0.4) is 0 Å². The van der Waals surface area contributed by atoms with Crippen molar-refractivity contribution in [2.75, 3.05) is 28.4 Å². The van der Waals surface area contributed by atoms with Gasteiger partial charge in [0.05, 0.1) is 28.4 Å². The smallest absolute Gasteiger partial charge is 0.356 e. The van der Waals surface area contributed by atoms with Crippen LogP contribution in [0.5, 0.6) is 17.2 Å². The molecular weight excluding hydrogens is 262 g/mol. The quantitative estimate of drug-likeness (QED) is 0.797. The minimum Gasteiger partial charge on any atom is -0.493 e. The highest BCUT2D eigenvalue weighted by atomic mass is 16.5. The number of esters is 1. The van der Waals surface area contributed by atoms with Crippen LogP contribution in [-0.4, -0.2) is 39.4 Å². The van der Waals surface area contributed by atoms with Crippen molar-refractivity contribution in [2.45, 2.75) is 0 Å². The lowest BCUT2D eigenvalue weighted by Crippen LogP contribution is -2.04. The molecule has 0 amide bonds. The summed E-state index contributed by atoms with van der Waals surface area (Å²) in [4.78, 5) is 15.6. The highest BCUT2D eigenvalue weighted by molar-refractivity contribution is 5.97. The second kappa shape index (κ2) is 5.64. The van der Waals surface area contributed by atoms with Crippen LogP contribution in [0.15, 0.2) is 18.3 Å². The van der Waals surface area contributed by atoms with Crippen molar-refractivity contribution in [3.63, 3.8) is 0 Å². The summed E-state index contributed by atoms with van der Waals surface area (Å²) in [6, 6.07) is 3.37. The first-order valence-electron chi connectivity index (χ1n) is 5.83. The van der Waals surface area contributed by atoms with Crippen LogP contribution >= 0.6 is 0 Å². The monoisotopic (exact) mass is 277 g/mol. The van der Waals surface area contributed by atoms with Gasteiger partial charge in [-0.2, -0.15) is 0 Å². The fourth-order valence-electron chi connectivity index (χ4n) is 1.98. The number of nitrogens with zero attached hydrogens (tertiary/aromatic N) is 1. The van der Waals surface area contributed by atoms with Gasteiger partial charge in [0.15, 0.2) is 11.5 Å². The molecule has 1 aromatic heterocycles. The molecule has 0 saturated carbocycles. The fourth-order valence-corrected chi connectivity index (χ4v) is 1.98. The largest absolute Gasteiger partial charge is 0.493 e. The van der Waals surface area contributed by atoms with Gasteiger partial charge >= 0.3 is 5.97 Å². The Morgan fingerprint density at radius 1 is 1.00 bits per heavy atom. The van der Waals surface area contributed by atoms with E-state index in [-0.39, 0.29) is 5.69 Å². The third-order valence-electron chi connectivity index (χ3n) is 2.92. The van der Waals surface area contributed by atoms with E-state index in [1.54, 1.807) is 25.4 Å². The van der Waals surface area contributed by atoms with Crippen LogP contribution in [0.1, 0.15) is 10.5 Å². The van der Waals surface area contributed by atoms with Gasteiger partial charge in [0.2, 0.25) is 5.75 Å². The van der Waals surface area contributed by atoms with Gasteiger partial charge in [0.25, 0.3) is 0 Å². The van der Waals surface area contributed by atoms with Gasteiger partial charge in [-0.3, -0.25) is 0 Å². The van der Waals surface area contributed by atoms with E-state index in [4.69, 9.17) is 14.2 Å². The highest BCUT2D eigenvalue weighted by Gasteiger charge is 2.18. The lowest BCUT2D eigenvalue weighted by Gasteiger charge is -2.14. The first-order valence-corrected chi connectivity index (χ1v) is 5.83. The molecule has 2 rings (SSSR count). The van der Waals surface area contributed by atoms with Crippen molar-refractivity contribution in [1.82, 2.24) is 4.98 Å². The van der Waals surface area contributed by atoms with E-state index in [1.165, 1.54) is 21.3 Å². The van der Waals surface area contributed by atoms with E-state index >= 15 is 0 Å².